The number of hydrogen-bond acceptors (Lipinski definition) is 5. The van der Waals surface area contributed by atoms with E-state index in [-0.39, 0.29) is 22.4 Å². The number of carbonyl (C=O) groups is 1. The van der Waals surface area contributed by atoms with Gasteiger partial charge in [-0.15, -0.1) is 0 Å². The Balaban J connectivity index is 1.77. The first-order valence-electron chi connectivity index (χ1n) is 7.91. The van der Waals surface area contributed by atoms with Crippen molar-refractivity contribution in [1.82, 2.24) is 9.97 Å². The highest BCUT2D eigenvalue weighted by atomic mass is 35.5. The van der Waals surface area contributed by atoms with E-state index in [9.17, 15) is 18.0 Å². The maximum absolute atomic E-state index is 13.1. The molecule has 0 atom stereocenters. The van der Waals surface area contributed by atoms with Crippen molar-refractivity contribution in [2.45, 2.75) is 18.3 Å². The van der Waals surface area contributed by atoms with E-state index >= 15 is 0 Å². The van der Waals surface area contributed by atoms with Gasteiger partial charge in [0.2, 0.25) is 5.91 Å². The lowest BCUT2D eigenvalue weighted by Crippen LogP contribution is -2.16. The Morgan fingerprint density at radius 3 is 2.71 bits per heavy atom. The standard InChI is InChI=1S/C18H13ClF3N3O2S/c1-10-4-5-11(19)7-12(10)23-16(26)9-28-17-24-13(14-3-2-6-27-14)8-15(25-17)18(20,21)22/h2-8H,9H2,1H3,(H,23,26). The number of amides is 1. The Kier molecular flexibility index (Phi) is 5.95. The van der Waals surface area contributed by atoms with Crippen LogP contribution in [0, 0.1) is 6.92 Å². The van der Waals surface area contributed by atoms with Crippen molar-refractivity contribution in [2.75, 3.05) is 11.1 Å². The first-order chi connectivity index (χ1) is 13.2. The number of thioether (sulfide) groups is 1. The Bertz CT molecular complexity index is 994. The molecule has 1 amide bonds. The van der Waals surface area contributed by atoms with Gasteiger partial charge < -0.3 is 9.73 Å². The summed E-state index contributed by atoms with van der Waals surface area (Å²) in [4.78, 5) is 19.7. The lowest BCUT2D eigenvalue weighted by Gasteiger charge is -2.10. The Labute approximate surface area is 167 Å². The van der Waals surface area contributed by atoms with Crippen molar-refractivity contribution < 1.29 is 22.4 Å². The monoisotopic (exact) mass is 427 g/mol. The lowest BCUT2D eigenvalue weighted by molar-refractivity contribution is -0.141. The van der Waals surface area contributed by atoms with Crippen molar-refractivity contribution in [2.24, 2.45) is 0 Å². The zero-order valence-corrected chi connectivity index (χ0v) is 16.0. The molecule has 0 unspecified atom stereocenters. The second kappa shape index (κ2) is 8.24. The van der Waals surface area contributed by atoms with Crippen LogP contribution in [0.4, 0.5) is 18.9 Å². The van der Waals surface area contributed by atoms with E-state index in [1.165, 1.54) is 18.4 Å². The summed E-state index contributed by atoms with van der Waals surface area (Å²) in [5.74, 6) is -0.421. The van der Waals surface area contributed by atoms with Crippen molar-refractivity contribution in [3.63, 3.8) is 0 Å². The van der Waals surface area contributed by atoms with Gasteiger partial charge in [-0.3, -0.25) is 4.79 Å². The fourth-order valence-electron chi connectivity index (χ4n) is 2.23. The van der Waals surface area contributed by atoms with Crippen LogP contribution >= 0.6 is 23.4 Å². The largest absolute Gasteiger partial charge is 0.463 e. The summed E-state index contributed by atoms with van der Waals surface area (Å²) in [5, 5.41) is 2.94. The minimum absolute atomic E-state index is 0.0130. The minimum Gasteiger partial charge on any atom is -0.463 e. The van der Waals surface area contributed by atoms with E-state index in [2.05, 4.69) is 15.3 Å². The first kappa shape index (κ1) is 20.2. The normalized spacial score (nSPS) is 11.5. The van der Waals surface area contributed by atoms with Gasteiger partial charge in [0.25, 0.3) is 0 Å². The molecule has 5 nitrogen and oxygen atoms in total. The predicted molar refractivity (Wildman–Crippen MR) is 100 cm³/mol. The van der Waals surface area contributed by atoms with E-state index in [4.69, 9.17) is 16.0 Å². The first-order valence-corrected chi connectivity index (χ1v) is 9.27. The molecular weight excluding hydrogens is 415 g/mol. The van der Waals surface area contributed by atoms with E-state index in [1.54, 1.807) is 25.1 Å². The molecule has 0 fully saturated rings. The summed E-state index contributed by atoms with van der Waals surface area (Å²) >= 11 is 6.70. The summed E-state index contributed by atoms with van der Waals surface area (Å²) in [5.41, 5.74) is 0.209. The molecule has 1 N–H and O–H groups in total. The Morgan fingerprint density at radius 1 is 1.25 bits per heavy atom. The highest BCUT2D eigenvalue weighted by molar-refractivity contribution is 7.99. The average molecular weight is 428 g/mol. The molecule has 3 rings (SSSR count). The number of benzene rings is 1. The van der Waals surface area contributed by atoms with E-state index < -0.39 is 17.8 Å². The van der Waals surface area contributed by atoms with Crippen LogP contribution in [0.5, 0.6) is 0 Å². The number of nitrogens with one attached hydrogen (secondary N) is 1. The van der Waals surface area contributed by atoms with Crippen molar-refractivity contribution in [3.8, 4) is 11.5 Å². The van der Waals surface area contributed by atoms with Crippen LogP contribution in [0.2, 0.25) is 5.02 Å². The number of alkyl halides is 3. The molecule has 0 aliphatic heterocycles. The second-order valence-corrected chi connectivity index (χ2v) is 7.07. The number of carbonyl (C=O) groups excluding carboxylic acids is 1. The number of halogens is 4. The molecule has 0 aliphatic carbocycles. The summed E-state index contributed by atoms with van der Waals surface area (Å²) < 4.78 is 44.5. The number of hydrogen-bond donors (Lipinski definition) is 1. The summed E-state index contributed by atoms with van der Waals surface area (Å²) in [6.45, 7) is 1.80. The molecule has 2 aromatic heterocycles. The molecule has 3 aromatic rings. The highest BCUT2D eigenvalue weighted by Crippen LogP contribution is 2.32. The van der Waals surface area contributed by atoms with E-state index in [1.807, 2.05) is 0 Å². The molecule has 28 heavy (non-hydrogen) atoms. The fraction of sp³-hybridized carbons (Fsp3) is 0.167. The van der Waals surface area contributed by atoms with E-state index in [0.29, 0.717) is 10.7 Å². The van der Waals surface area contributed by atoms with Gasteiger partial charge in [0.15, 0.2) is 10.9 Å². The molecule has 0 spiro atoms. The SMILES string of the molecule is Cc1ccc(Cl)cc1NC(=O)CSc1nc(-c2ccco2)cc(C(F)(F)F)n1. The van der Waals surface area contributed by atoms with Crippen LogP contribution in [-0.2, 0) is 11.0 Å². The number of anilines is 1. The Hall–Kier alpha value is -2.52. The predicted octanol–water partition coefficient (Wildman–Crippen LogP) is 5.45. The van der Waals surface area contributed by atoms with Crippen LogP contribution in [0.1, 0.15) is 11.3 Å². The smallest absolute Gasteiger partial charge is 0.433 e. The third-order valence-electron chi connectivity index (χ3n) is 3.58. The van der Waals surface area contributed by atoms with Crippen LogP contribution in [0.15, 0.2) is 52.2 Å². The third kappa shape index (κ3) is 5.05. The molecule has 0 saturated carbocycles. The summed E-state index contributed by atoms with van der Waals surface area (Å²) in [7, 11) is 0. The molecule has 0 saturated heterocycles. The van der Waals surface area contributed by atoms with Gasteiger partial charge >= 0.3 is 6.18 Å². The zero-order valence-electron chi connectivity index (χ0n) is 14.4. The fourth-order valence-corrected chi connectivity index (χ4v) is 3.06. The van der Waals surface area contributed by atoms with Crippen LogP contribution in [-0.4, -0.2) is 21.6 Å². The summed E-state index contributed by atoms with van der Waals surface area (Å²) in [6.07, 6.45) is -3.32. The zero-order chi connectivity index (χ0) is 20.3. The number of aryl methyl sites for hydroxylation is 1. The van der Waals surface area contributed by atoms with Crippen LogP contribution in [0.3, 0.4) is 0 Å². The van der Waals surface area contributed by atoms with Gasteiger partial charge in [-0.25, -0.2) is 9.97 Å². The molecule has 10 heteroatoms. The maximum Gasteiger partial charge on any atom is 0.433 e. The topological polar surface area (TPSA) is 68.0 Å². The van der Waals surface area contributed by atoms with Gasteiger partial charge in [0.05, 0.1) is 12.0 Å². The van der Waals surface area contributed by atoms with Gasteiger partial charge in [-0.2, -0.15) is 13.2 Å². The van der Waals surface area contributed by atoms with Gasteiger partial charge in [-0.05, 0) is 42.8 Å². The maximum atomic E-state index is 13.1. The number of nitrogens with zero attached hydrogens (tertiary/aromatic N) is 2. The number of aromatic nitrogens is 2. The van der Waals surface area contributed by atoms with E-state index in [0.717, 1.165) is 23.4 Å². The Morgan fingerprint density at radius 2 is 2.04 bits per heavy atom. The average Bonchev–Trinajstić information content (AvgIpc) is 3.17. The third-order valence-corrected chi connectivity index (χ3v) is 4.66. The van der Waals surface area contributed by atoms with Gasteiger partial charge in [-0.1, -0.05) is 29.4 Å². The molecular formula is C18H13ClF3N3O2S. The molecule has 1 aromatic carbocycles. The van der Waals surface area contributed by atoms with Crippen LogP contribution in [0.25, 0.3) is 11.5 Å². The lowest BCUT2D eigenvalue weighted by atomic mass is 10.2. The number of rotatable bonds is 5. The molecule has 2 heterocycles. The second-order valence-electron chi connectivity index (χ2n) is 5.69. The molecule has 0 bridgehead atoms. The van der Waals surface area contributed by atoms with Gasteiger partial charge in [0, 0.05) is 10.7 Å². The minimum atomic E-state index is -4.65. The van der Waals surface area contributed by atoms with Crippen molar-refractivity contribution in [3.05, 3.63) is 58.9 Å². The quantitative estimate of drug-likeness (QED) is 0.433. The molecule has 0 aliphatic rings. The summed E-state index contributed by atoms with van der Waals surface area (Å²) in [6, 6.07) is 8.86. The molecule has 146 valence electrons. The molecule has 0 radical (unpaired) electrons. The van der Waals surface area contributed by atoms with Crippen molar-refractivity contribution >= 4 is 35.0 Å². The number of furan rings is 1. The van der Waals surface area contributed by atoms with Gasteiger partial charge in [0.1, 0.15) is 11.4 Å². The van der Waals surface area contributed by atoms with Crippen LogP contribution < -0.4 is 5.32 Å². The van der Waals surface area contributed by atoms with Crippen molar-refractivity contribution in [1.29, 1.82) is 0 Å². The highest BCUT2D eigenvalue weighted by Gasteiger charge is 2.34.